The van der Waals surface area contributed by atoms with Crippen LogP contribution in [0.25, 0.3) is 0 Å². The van der Waals surface area contributed by atoms with Crippen LogP contribution < -0.4 is 16.0 Å². The molecule has 24 heavy (non-hydrogen) atoms. The zero-order valence-electron chi connectivity index (χ0n) is 13.5. The summed E-state index contributed by atoms with van der Waals surface area (Å²) in [4.78, 5) is 23.8. The maximum Gasteiger partial charge on any atom is 0.293 e. The highest BCUT2D eigenvalue weighted by Gasteiger charge is 2.11. The second-order valence-electron chi connectivity index (χ2n) is 5.25. The fourth-order valence-electron chi connectivity index (χ4n) is 1.85. The lowest BCUT2D eigenvalue weighted by molar-refractivity contribution is 0.0935. The molecular weight excluding hydrogens is 326 g/mol. The zero-order chi connectivity index (χ0) is 17.5. The number of carbonyl (C=O) groups is 2. The molecule has 0 spiro atoms. The number of anilines is 1. The number of nitrogens with one attached hydrogen (secondary N) is 3. The van der Waals surface area contributed by atoms with Gasteiger partial charge in [0.2, 0.25) is 0 Å². The lowest BCUT2D eigenvalue weighted by Crippen LogP contribution is -2.34. The Bertz CT molecular complexity index is 711. The number of amides is 2. The maximum atomic E-state index is 12.0. The lowest BCUT2D eigenvalue weighted by Gasteiger charge is -2.12. The van der Waals surface area contributed by atoms with Crippen molar-refractivity contribution in [2.45, 2.75) is 26.3 Å². The van der Waals surface area contributed by atoms with E-state index in [1.807, 2.05) is 13.8 Å². The summed E-state index contributed by atoms with van der Waals surface area (Å²) in [6.07, 6.45) is 2.28. The van der Waals surface area contributed by atoms with E-state index in [2.05, 4.69) is 16.0 Å². The van der Waals surface area contributed by atoms with Gasteiger partial charge in [-0.05, 0) is 62.0 Å². The van der Waals surface area contributed by atoms with Crippen LogP contribution in [-0.2, 0) is 0 Å². The minimum Gasteiger partial charge on any atom is -0.459 e. The number of hydrogen-bond donors (Lipinski definition) is 3. The van der Waals surface area contributed by atoms with Crippen LogP contribution in [0.3, 0.4) is 0 Å². The van der Waals surface area contributed by atoms with Crippen LogP contribution in [0.5, 0.6) is 0 Å². The first-order chi connectivity index (χ1) is 11.5. The number of furan rings is 1. The Kier molecular flexibility index (Phi) is 6.08. The molecule has 1 unspecified atom stereocenters. The SMILES string of the molecule is CCC(C)NC(=O)c1ccc(NC(=S)NC(=O)c2ccco2)cc1. The van der Waals surface area contributed by atoms with Crippen LogP contribution in [0.4, 0.5) is 5.69 Å². The summed E-state index contributed by atoms with van der Waals surface area (Å²) in [5, 5.41) is 8.43. The van der Waals surface area contributed by atoms with E-state index < -0.39 is 5.91 Å². The van der Waals surface area contributed by atoms with E-state index >= 15 is 0 Å². The average molecular weight is 345 g/mol. The van der Waals surface area contributed by atoms with Gasteiger partial charge in [-0.15, -0.1) is 0 Å². The van der Waals surface area contributed by atoms with E-state index in [1.54, 1.807) is 36.4 Å². The highest BCUT2D eigenvalue weighted by atomic mass is 32.1. The van der Waals surface area contributed by atoms with Crippen LogP contribution in [0.2, 0.25) is 0 Å². The quantitative estimate of drug-likeness (QED) is 0.726. The lowest BCUT2D eigenvalue weighted by atomic mass is 10.1. The zero-order valence-corrected chi connectivity index (χ0v) is 14.3. The predicted molar refractivity (Wildman–Crippen MR) is 96.1 cm³/mol. The molecule has 2 aromatic rings. The Morgan fingerprint density at radius 2 is 1.88 bits per heavy atom. The third-order valence-corrected chi connectivity index (χ3v) is 3.57. The van der Waals surface area contributed by atoms with Crippen LogP contribution in [0, 0.1) is 0 Å². The minimum atomic E-state index is -0.429. The first-order valence-corrected chi connectivity index (χ1v) is 7.97. The molecule has 2 amide bonds. The smallest absolute Gasteiger partial charge is 0.293 e. The molecule has 0 saturated carbocycles. The molecule has 126 valence electrons. The number of thiocarbonyl (C=S) groups is 1. The second kappa shape index (κ2) is 8.26. The van der Waals surface area contributed by atoms with Crippen molar-refractivity contribution in [1.82, 2.24) is 10.6 Å². The molecule has 0 fully saturated rings. The van der Waals surface area contributed by atoms with Gasteiger partial charge in [0.1, 0.15) is 0 Å². The monoisotopic (exact) mass is 345 g/mol. The van der Waals surface area contributed by atoms with Gasteiger partial charge in [0, 0.05) is 17.3 Å². The molecule has 0 aliphatic carbocycles. The van der Waals surface area contributed by atoms with Gasteiger partial charge in [0.25, 0.3) is 11.8 Å². The maximum absolute atomic E-state index is 12.0. The number of carbonyl (C=O) groups excluding carboxylic acids is 2. The predicted octanol–water partition coefficient (Wildman–Crippen LogP) is 2.93. The van der Waals surface area contributed by atoms with Crippen molar-refractivity contribution in [3.8, 4) is 0 Å². The first-order valence-electron chi connectivity index (χ1n) is 7.56. The Hall–Kier alpha value is -2.67. The molecule has 1 aromatic heterocycles. The van der Waals surface area contributed by atoms with Crippen molar-refractivity contribution in [3.05, 3.63) is 54.0 Å². The van der Waals surface area contributed by atoms with Gasteiger partial charge < -0.3 is 15.1 Å². The molecule has 0 radical (unpaired) electrons. The Morgan fingerprint density at radius 1 is 1.17 bits per heavy atom. The van der Waals surface area contributed by atoms with Crippen LogP contribution in [0.1, 0.15) is 41.2 Å². The van der Waals surface area contributed by atoms with Gasteiger partial charge in [0.05, 0.1) is 6.26 Å². The standard InChI is InChI=1S/C17H19N3O3S/c1-3-11(2)18-15(21)12-6-8-13(9-7-12)19-17(24)20-16(22)14-5-4-10-23-14/h4-11H,3H2,1-2H3,(H,18,21)(H2,19,20,22,24). The summed E-state index contributed by atoms with van der Waals surface area (Å²) >= 11 is 5.08. The summed E-state index contributed by atoms with van der Waals surface area (Å²) in [6.45, 7) is 3.96. The molecule has 1 atom stereocenters. The molecule has 3 N–H and O–H groups in total. The van der Waals surface area contributed by atoms with Crippen molar-refractivity contribution >= 4 is 34.8 Å². The number of rotatable bonds is 5. The highest BCUT2D eigenvalue weighted by Crippen LogP contribution is 2.10. The third-order valence-electron chi connectivity index (χ3n) is 3.37. The minimum absolute atomic E-state index is 0.121. The number of hydrogen-bond acceptors (Lipinski definition) is 4. The van der Waals surface area contributed by atoms with E-state index in [4.69, 9.17) is 16.6 Å². The van der Waals surface area contributed by atoms with Crippen molar-refractivity contribution in [2.24, 2.45) is 0 Å². The van der Waals surface area contributed by atoms with Gasteiger partial charge in [-0.3, -0.25) is 14.9 Å². The highest BCUT2D eigenvalue weighted by molar-refractivity contribution is 7.80. The molecule has 1 aromatic carbocycles. The van der Waals surface area contributed by atoms with Crippen LogP contribution in [0.15, 0.2) is 47.1 Å². The van der Waals surface area contributed by atoms with Gasteiger partial charge >= 0.3 is 0 Å². The fraction of sp³-hybridized carbons (Fsp3) is 0.235. The van der Waals surface area contributed by atoms with E-state index in [0.29, 0.717) is 11.3 Å². The molecule has 0 saturated heterocycles. The molecule has 0 aliphatic rings. The summed E-state index contributed by atoms with van der Waals surface area (Å²) in [6, 6.07) is 10.1. The molecule has 0 aliphatic heterocycles. The second-order valence-corrected chi connectivity index (χ2v) is 5.65. The molecule has 1 heterocycles. The Balaban J connectivity index is 1.90. The van der Waals surface area contributed by atoms with Gasteiger partial charge in [-0.25, -0.2) is 0 Å². The van der Waals surface area contributed by atoms with E-state index in [9.17, 15) is 9.59 Å². The average Bonchev–Trinajstić information content (AvgIpc) is 3.09. The topological polar surface area (TPSA) is 83.4 Å². The van der Waals surface area contributed by atoms with Crippen molar-refractivity contribution in [2.75, 3.05) is 5.32 Å². The first kappa shape index (κ1) is 17.7. The normalized spacial score (nSPS) is 11.4. The molecular formula is C17H19N3O3S. The van der Waals surface area contributed by atoms with Crippen molar-refractivity contribution in [3.63, 3.8) is 0 Å². The van der Waals surface area contributed by atoms with Gasteiger partial charge in [-0.1, -0.05) is 6.92 Å². The Morgan fingerprint density at radius 3 is 2.46 bits per heavy atom. The Labute approximate surface area is 145 Å². The molecule has 2 rings (SSSR count). The van der Waals surface area contributed by atoms with Crippen LogP contribution in [-0.4, -0.2) is 23.0 Å². The number of benzene rings is 1. The van der Waals surface area contributed by atoms with Crippen LogP contribution >= 0.6 is 12.2 Å². The third kappa shape index (κ3) is 4.92. The van der Waals surface area contributed by atoms with Crippen molar-refractivity contribution in [1.29, 1.82) is 0 Å². The van der Waals surface area contributed by atoms with Crippen molar-refractivity contribution < 1.29 is 14.0 Å². The van der Waals surface area contributed by atoms with E-state index in [1.165, 1.54) is 6.26 Å². The summed E-state index contributed by atoms with van der Waals surface area (Å²) in [5.74, 6) is -0.372. The molecule has 0 bridgehead atoms. The summed E-state index contributed by atoms with van der Waals surface area (Å²) in [7, 11) is 0. The van der Waals surface area contributed by atoms with Gasteiger partial charge in [0.15, 0.2) is 10.9 Å². The largest absolute Gasteiger partial charge is 0.459 e. The summed E-state index contributed by atoms with van der Waals surface area (Å²) < 4.78 is 4.99. The molecule has 6 nitrogen and oxygen atoms in total. The fourth-order valence-corrected chi connectivity index (χ4v) is 2.06. The van der Waals surface area contributed by atoms with Gasteiger partial charge in [-0.2, -0.15) is 0 Å². The summed E-state index contributed by atoms with van der Waals surface area (Å²) in [5.41, 5.74) is 1.23. The molecule has 7 heteroatoms. The van der Waals surface area contributed by atoms with E-state index in [-0.39, 0.29) is 22.8 Å². The van der Waals surface area contributed by atoms with E-state index in [0.717, 1.165) is 6.42 Å².